The van der Waals surface area contributed by atoms with E-state index in [1.165, 1.54) is 19.3 Å². The number of nitrogens with zero attached hydrogens (tertiary/aromatic N) is 1. The molecule has 0 radical (unpaired) electrons. The molecule has 0 amide bonds. The summed E-state index contributed by atoms with van der Waals surface area (Å²) in [4.78, 5) is 0. The highest BCUT2D eigenvalue weighted by Gasteiger charge is 2.47. The van der Waals surface area contributed by atoms with Gasteiger partial charge in [-0.3, -0.25) is 0 Å². The van der Waals surface area contributed by atoms with E-state index in [1.54, 1.807) is 13.2 Å². The molecule has 0 spiro atoms. The van der Waals surface area contributed by atoms with Crippen molar-refractivity contribution in [1.82, 2.24) is 5.16 Å². The summed E-state index contributed by atoms with van der Waals surface area (Å²) in [5, 5.41) is 4.88. The molecule has 0 bridgehead atoms. The predicted octanol–water partition coefficient (Wildman–Crippen LogP) is 4.10. The van der Waals surface area contributed by atoms with Crippen LogP contribution in [0, 0.1) is 11.8 Å². The van der Waals surface area contributed by atoms with Crippen molar-refractivity contribution in [2.75, 3.05) is 12.8 Å². The van der Waals surface area contributed by atoms with Gasteiger partial charge in [0.05, 0.1) is 18.4 Å². The minimum absolute atomic E-state index is 0.339. The Bertz CT molecular complexity index is 688. The minimum Gasteiger partial charge on any atom is -0.496 e. The van der Waals surface area contributed by atoms with Crippen LogP contribution in [0.2, 0.25) is 5.02 Å². The van der Waals surface area contributed by atoms with Crippen molar-refractivity contribution in [2.24, 2.45) is 11.8 Å². The quantitative estimate of drug-likeness (QED) is 0.927. The highest BCUT2D eigenvalue weighted by molar-refractivity contribution is 6.31. The van der Waals surface area contributed by atoms with Gasteiger partial charge in [0.25, 0.3) is 0 Å². The van der Waals surface area contributed by atoms with Gasteiger partial charge in [0.2, 0.25) is 5.88 Å². The highest BCUT2D eigenvalue weighted by Crippen LogP contribution is 2.58. The van der Waals surface area contributed by atoms with E-state index >= 15 is 0 Å². The lowest BCUT2D eigenvalue weighted by Crippen LogP contribution is -2.00. The first-order chi connectivity index (χ1) is 10.2. The minimum atomic E-state index is 0.339. The fourth-order valence-corrected chi connectivity index (χ4v) is 3.85. The molecule has 2 saturated carbocycles. The smallest absolute Gasteiger partial charge is 0.230 e. The summed E-state index contributed by atoms with van der Waals surface area (Å²) in [6, 6.07) is 5.51. The van der Waals surface area contributed by atoms with Crippen LogP contribution in [0.15, 0.2) is 22.7 Å². The standard InChI is InChI=1S/C16H17ClN2O2/c1-20-13-3-2-11(17)7-12(13)14-15(19-21-16(14)18)10-5-8-4-9(8)6-10/h2-3,7-10H,4-6,18H2,1H3. The number of aromatic nitrogens is 1. The average Bonchev–Trinajstić information content (AvgIpc) is 2.92. The van der Waals surface area contributed by atoms with Gasteiger partial charge in [0, 0.05) is 16.5 Å². The van der Waals surface area contributed by atoms with E-state index in [1.807, 2.05) is 12.1 Å². The molecule has 2 aliphatic rings. The molecule has 4 nitrogen and oxygen atoms in total. The monoisotopic (exact) mass is 304 g/mol. The first-order valence-corrected chi connectivity index (χ1v) is 7.64. The van der Waals surface area contributed by atoms with E-state index in [2.05, 4.69) is 5.16 Å². The molecular formula is C16H17ClN2O2. The third-order valence-corrected chi connectivity index (χ3v) is 5.04. The van der Waals surface area contributed by atoms with E-state index in [0.717, 1.165) is 34.4 Å². The van der Waals surface area contributed by atoms with Crippen LogP contribution in [-0.4, -0.2) is 12.3 Å². The summed E-state index contributed by atoms with van der Waals surface area (Å²) in [6.45, 7) is 0. The Morgan fingerprint density at radius 2 is 2.05 bits per heavy atom. The molecule has 2 atom stereocenters. The summed E-state index contributed by atoms with van der Waals surface area (Å²) in [5.74, 6) is 3.27. The zero-order valence-corrected chi connectivity index (χ0v) is 12.6. The van der Waals surface area contributed by atoms with Crippen molar-refractivity contribution in [2.45, 2.75) is 25.2 Å². The lowest BCUT2D eigenvalue weighted by atomic mass is 9.93. The van der Waals surface area contributed by atoms with Crippen LogP contribution in [0.25, 0.3) is 11.1 Å². The number of benzene rings is 1. The number of anilines is 1. The van der Waals surface area contributed by atoms with Crippen LogP contribution in [0.1, 0.15) is 30.9 Å². The van der Waals surface area contributed by atoms with Crippen molar-refractivity contribution >= 4 is 17.5 Å². The van der Waals surface area contributed by atoms with Gasteiger partial charge in [-0.05, 0) is 49.3 Å². The second-order valence-corrected chi connectivity index (χ2v) is 6.51. The first-order valence-electron chi connectivity index (χ1n) is 7.26. The molecule has 2 aliphatic carbocycles. The van der Waals surface area contributed by atoms with E-state index in [4.69, 9.17) is 26.6 Å². The molecule has 2 fully saturated rings. The normalized spacial score (nSPS) is 26.7. The number of fused-ring (bicyclic) bond motifs is 1. The Labute approximate surface area is 128 Å². The van der Waals surface area contributed by atoms with Crippen LogP contribution in [0.4, 0.5) is 5.88 Å². The van der Waals surface area contributed by atoms with Crippen molar-refractivity contribution in [3.63, 3.8) is 0 Å². The predicted molar refractivity (Wildman–Crippen MR) is 81.5 cm³/mol. The van der Waals surface area contributed by atoms with Crippen LogP contribution in [0.3, 0.4) is 0 Å². The number of rotatable bonds is 3. The summed E-state index contributed by atoms with van der Waals surface area (Å²) in [7, 11) is 1.64. The topological polar surface area (TPSA) is 61.3 Å². The molecule has 1 aromatic carbocycles. The second-order valence-electron chi connectivity index (χ2n) is 6.08. The summed E-state index contributed by atoms with van der Waals surface area (Å²) < 4.78 is 10.7. The summed E-state index contributed by atoms with van der Waals surface area (Å²) in [6.07, 6.45) is 3.75. The largest absolute Gasteiger partial charge is 0.496 e. The number of halogens is 1. The fraction of sp³-hybridized carbons (Fsp3) is 0.438. The maximum Gasteiger partial charge on any atom is 0.230 e. The van der Waals surface area contributed by atoms with Crippen molar-refractivity contribution in [1.29, 1.82) is 0 Å². The molecule has 1 heterocycles. The van der Waals surface area contributed by atoms with E-state index in [0.29, 0.717) is 16.8 Å². The SMILES string of the molecule is COc1ccc(Cl)cc1-c1c(C2CC3CC3C2)noc1N. The average molecular weight is 305 g/mol. The molecule has 1 aromatic heterocycles. The van der Waals surface area contributed by atoms with Gasteiger partial charge in [0.1, 0.15) is 5.75 Å². The molecule has 2 N–H and O–H groups in total. The Balaban J connectivity index is 1.81. The first kappa shape index (κ1) is 13.0. The maximum absolute atomic E-state index is 6.14. The van der Waals surface area contributed by atoms with Crippen molar-refractivity contribution in [3.05, 3.63) is 28.9 Å². The van der Waals surface area contributed by atoms with E-state index in [9.17, 15) is 0 Å². The van der Waals surface area contributed by atoms with E-state index < -0.39 is 0 Å². The fourth-order valence-electron chi connectivity index (χ4n) is 3.68. The molecule has 0 saturated heterocycles. The van der Waals surface area contributed by atoms with Gasteiger partial charge in [-0.2, -0.15) is 0 Å². The maximum atomic E-state index is 6.14. The third kappa shape index (κ3) is 2.09. The van der Waals surface area contributed by atoms with Crippen molar-refractivity contribution < 1.29 is 9.26 Å². The molecule has 2 aromatic rings. The number of methoxy groups -OCH3 is 1. The Morgan fingerprint density at radius 3 is 2.76 bits per heavy atom. The Hall–Kier alpha value is -1.68. The van der Waals surface area contributed by atoms with E-state index in [-0.39, 0.29) is 0 Å². The number of hydrogen-bond acceptors (Lipinski definition) is 4. The highest BCUT2D eigenvalue weighted by atomic mass is 35.5. The molecule has 110 valence electrons. The molecule has 4 rings (SSSR count). The number of nitrogens with two attached hydrogens (primary N) is 1. The zero-order valence-electron chi connectivity index (χ0n) is 11.8. The van der Waals surface area contributed by atoms with Crippen LogP contribution >= 0.6 is 11.6 Å². The molecule has 0 aliphatic heterocycles. The number of hydrogen-bond donors (Lipinski definition) is 1. The van der Waals surface area contributed by atoms with Gasteiger partial charge in [-0.25, -0.2) is 0 Å². The molecule has 2 unspecified atom stereocenters. The molecule has 21 heavy (non-hydrogen) atoms. The Morgan fingerprint density at radius 1 is 1.29 bits per heavy atom. The number of nitrogen functional groups attached to an aromatic ring is 1. The lowest BCUT2D eigenvalue weighted by molar-refractivity contribution is 0.415. The molecule has 5 heteroatoms. The van der Waals surface area contributed by atoms with Crippen LogP contribution in [0.5, 0.6) is 5.75 Å². The molecular weight excluding hydrogens is 288 g/mol. The summed E-state index contributed by atoms with van der Waals surface area (Å²) in [5.41, 5.74) is 8.70. The van der Waals surface area contributed by atoms with Crippen LogP contribution < -0.4 is 10.5 Å². The van der Waals surface area contributed by atoms with Crippen molar-refractivity contribution in [3.8, 4) is 16.9 Å². The van der Waals surface area contributed by atoms with Gasteiger partial charge >= 0.3 is 0 Å². The van der Waals surface area contributed by atoms with Gasteiger partial charge in [-0.15, -0.1) is 0 Å². The Kier molecular flexibility index (Phi) is 2.89. The number of ether oxygens (including phenoxy) is 1. The third-order valence-electron chi connectivity index (χ3n) is 4.81. The summed E-state index contributed by atoms with van der Waals surface area (Å²) >= 11 is 6.14. The van der Waals surface area contributed by atoms with Crippen LogP contribution in [-0.2, 0) is 0 Å². The zero-order chi connectivity index (χ0) is 14.6. The lowest BCUT2D eigenvalue weighted by Gasteiger charge is -2.13. The van der Waals surface area contributed by atoms with Gasteiger partial charge in [-0.1, -0.05) is 16.8 Å². The van der Waals surface area contributed by atoms with Gasteiger partial charge < -0.3 is 15.0 Å². The van der Waals surface area contributed by atoms with Gasteiger partial charge in [0.15, 0.2) is 0 Å². The second kappa shape index (κ2) is 4.67.